The van der Waals surface area contributed by atoms with Crippen molar-refractivity contribution in [1.29, 1.82) is 0 Å². The molecule has 0 radical (unpaired) electrons. The second-order valence-corrected chi connectivity index (χ2v) is 8.65. The number of hydrogen-bond donors (Lipinski definition) is 1. The maximum absolute atomic E-state index is 13.2. The van der Waals surface area contributed by atoms with Crippen LogP contribution in [0.5, 0.6) is 5.75 Å². The molecule has 2 amide bonds. The van der Waals surface area contributed by atoms with Crippen LogP contribution in [-0.2, 0) is 16.1 Å². The predicted molar refractivity (Wildman–Crippen MR) is 132 cm³/mol. The van der Waals surface area contributed by atoms with Gasteiger partial charge in [0.25, 0.3) is 5.91 Å². The molecule has 3 aromatic rings. The van der Waals surface area contributed by atoms with Crippen molar-refractivity contribution in [2.45, 2.75) is 39.3 Å². The highest BCUT2D eigenvalue weighted by Gasteiger charge is 2.26. The van der Waals surface area contributed by atoms with Gasteiger partial charge in [-0.05, 0) is 42.5 Å². The molecule has 32 heavy (non-hydrogen) atoms. The van der Waals surface area contributed by atoms with Crippen molar-refractivity contribution in [3.8, 4) is 5.75 Å². The molecule has 0 saturated heterocycles. The Bertz CT molecular complexity index is 1060. The summed E-state index contributed by atoms with van der Waals surface area (Å²) < 4.78 is 6.85. The Kier molecular flexibility index (Phi) is 8.68. The predicted octanol–water partition coefficient (Wildman–Crippen LogP) is 5.31. The number of hydrogen-bond acceptors (Lipinski definition) is 3. The number of benzene rings is 3. The Hall–Kier alpha value is -2.86. The Balaban J connectivity index is 1.76. The number of unbranched alkanes of at least 4 members (excludes halogenated alkanes) is 1. The summed E-state index contributed by atoms with van der Waals surface area (Å²) in [6.45, 7) is 4.61. The maximum Gasteiger partial charge on any atom is 0.261 e. The fraction of sp³-hybridized carbons (Fsp3) is 0.308. The molecule has 0 fully saturated rings. The third kappa shape index (κ3) is 6.33. The average molecular weight is 497 g/mol. The number of amides is 2. The van der Waals surface area contributed by atoms with Crippen LogP contribution in [0.15, 0.2) is 71.2 Å². The number of halogens is 1. The molecule has 0 aliphatic rings. The van der Waals surface area contributed by atoms with E-state index < -0.39 is 6.04 Å². The first-order valence-corrected chi connectivity index (χ1v) is 11.7. The minimum Gasteiger partial charge on any atom is -0.483 e. The van der Waals surface area contributed by atoms with Gasteiger partial charge >= 0.3 is 0 Å². The molecule has 5 nitrogen and oxygen atoms in total. The molecule has 0 spiro atoms. The largest absolute Gasteiger partial charge is 0.483 e. The van der Waals surface area contributed by atoms with Crippen molar-refractivity contribution < 1.29 is 14.3 Å². The molecular formula is C26H29BrN2O3. The Morgan fingerprint density at radius 1 is 1.06 bits per heavy atom. The molecule has 0 aliphatic heterocycles. The summed E-state index contributed by atoms with van der Waals surface area (Å²) in [6, 6.07) is 20.8. The van der Waals surface area contributed by atoms with Crippen molar-refractivity contribution in [2.24, 2.45) is 0 Å². The molecule has 0 aromatic heterocycles. The summed E-state index contributed by atoms with van der Waals surface area (Å²) in [5.74, 6) is 0.252. The monoisotopic (exact) mass is 496 g/mol. The number of rotatable bonds is 10. The molecular weight excluding hydrogens is 468 g/mol. The molecule has 168 valence electrons. The lowest BCUT2D eigenvalue weighted by Gasteiger charge is -2.29. The summed E-state index contributed by atoms with van der Waals surface area (Å²) in [7, 11) is 0. The number of fused-ring (bicyclic) bond motifs is 1. The minimum atomic E-state index is -0.616. The third-order valence-electron chi connectivity index (χ3n) is 5.34. The molecule has 3 aromatic carbocycles. The van der Waals surface area contributed by atoms with Crippen LogP contribution in [0.2, 0.25) is 0 Å². The van der Waals surface area contributed by atoms with Crippen LogP contribution < -0.4 is 10.1 Å². The molecule has 1 atom stereocenters. The molecule has 6 heteroatoms. The highest BCUT2D eigenvalue weighted by Crippen LogP contribution is 2.25. The van der Waals surface area contributed by atoms with E-state index in [2.05, 4.69) is 28.2 Å². The SMILES string of the molecule is CCCCNC(=O)[C@H](C)N(Cc1cccc(Br)c1)C(=O)COc1cccc2ccccc12. The smallest absolute Gasteiger partial charge is 0.261 e. The topological polar surface area (TPSA) is 58.6 Å². The van der Waals surface area contributed by atoms with E-state index in [1.807, 2.05) is 66.7 Å². The highest BCUT2D eigenvalue weighted by molar-refractivity contribution is 9.10. The summed E-state index contributed by atoms with van der Waals surface area (Å²) in [6.07, 6.45) is 1.90. The van der Waals surface area contributed by atoms with Crippen molar-refractivity contribution in [3.05, 3.63) is 76.8 Å². The summed E-state index contributed by atoms with van der Waals surface area (Å²) in [4.78, 5) is 27.5. The number of ether oxygens (including phenoxy) is 1. The van der Waals surface area contributed by atoms with Crippen molar-refractivity contribution in [1.82, 2.24) is 10.2 Å². The first kappa shape index (κ1) is 23.8. The first-order chi connectivity index (χ1) is 15.5. The second kappa shape index (κ2) is 11.7. The number of carbonyl (C=O) groups excluding carboxylic acids is 2. The van der Waals surface area contributed by atoms with E-state index in [1.54, 1.807) is 11.8 Å². The van der Waals surface area contributed by atoms with Crippen molar-refractivity contribution in [2.75, 3.05) is 13.2 Å². The maximum atomic E-state index is 13.2. The zero-order valence-electron chi connectivity index (χ0n) is 18.5. The van der Waals surface area contributed by atoms with E-state index in [1.165, 1.54) is 0 Å². The second-order valence-electron chi connectivity index (χ2n) is 7.74. The number of nitrogens with one attached hydrogen (secondary N) is 1. The van der Waals surface area contributed by atoms with Gasteiger partial charge in [0.05, 0.1) is 0 Å². The van der Waals surface area contributed by atoms with Crippen LogP contribution in [0.4, 0.5) is 0 Å². The zero-order chi connectivity index (χ0) is 22.9. The normalized spacial score (nSPS) is 11.7. The van der Waals surface area contributed by atoms with Gasteiger partial charge in [-0.1, -0.05) is 77.8 Å². The minimum absolute atomic E-state index is 0.144. The van der Waals surface area contributed by atoms with Gasteiger partial charge in [0.2, 0.25) is 5.91 Å². The van der Waals surface area contributed by atoms with Gasteiger partial charge in [-0.3, -0.25) is 9.59 Å². The van der Waals surface area contributed by atoms with Crippen LogP contribution >= 0.6 is 15.9 Å². The van der Waals surface area contributed by atoms with Gasteiger partial charge in [-0.15, -0.1) is 0 Å². The van der Waals surface area contributed by atoms with E-state index in [9.17, 15) is 9.59 Å². The fourth-order valence-electron chi connectivity index (χ4n) is 3.49. The Labute approximate surface area is 197 Å². The van der Waals surface area contributed by atoms with Gasteiger partial charge in [-0.25, -0.2) is 0 Å². The van der Waals surface area contributed by atoms with Gasteiger partial charge in [0.15, 0.2) is 6.61 Å². The van der Waals surface area contributed by atoms with Crippen molar-refractivity contribution >= 4 is 38.5 Å². The fourth-order valence-corrected chi connectivity index (χ4v) is 3.94. The summed E-state index contributed by atoms with van der Waals surface area (Å²) in [5, 5.41) is 4.93. The number of nitrogens with zero attached hydrogens (tertiary/aromatic N) is 1. The lowest BCUT2D eigenvalue weighted by Crippen LogP contribution is -2.49. The number of carbonyl (C=O) groups is 2. The van der Waals surface area contributed by atoms with Crippen LogP contribution in [0.25, 0.3) is 10.8 Å². The highest BCUT2D eigenvalue weighted by atomic mass is 79.9. The lowest BCUT2D eigenvalue weighted by atomic mass is 10.1. The molecule has 0 saturated carbocycles. The van der Waals surface area contributed by atoms with Gasteiger partial charge in [0, 0.05) is 22.9 Å². The third-order valence-corrected chi connectivity index (χ3v) is 5.83. The quantitative estimate of drug-likeness (QED) is 0.386. The first-order valence-electron chi connectivity index (χ1n) is 10.9. The van der Waals surface area contributed by atoms with E-state index >= 15 is 0 Å². The van der Waals surface area contributed by atoms with E-state index in [0.29, 0.717) is 18.8 Å². The Morgan fingerprint density at radius 2 is 1.81 bits per heavy atom. The lowest BCUT2D eigenvalue weighted by molar-refractivity contribution is -0.142. The molecule has 3 rings (SSSR count). The van der Waals surface area contributed by atoms with Crippen molar-refractivity contribution in [3.63, 3.8) is 0 Å². The van der Waals surface area contributed by atoms with Crippen LogP contribution in [-0.4, -0.2) is 35.9 Å². The molecule has 0 heterocycles. The average Bonchev–Trinajstić information content (AvgIpc) is 2.80. The van der Waals surface area contributed by atoms with Crippen LogP contribution in [0.1, 0.15) is 32.3 Å². The van der Waals surface area contributed by atoms with E-state index in [-0.39, 0.29) is 18.4 Å². The molecule has 0 bridgehead atoms. The molecule has 0 unspecified atom stereocenters. The summed E-state index contributed by atoms with van der Waals surface area (Å²) in [5.41, 5.74) is 0.936. The zero-order valence-corrected chi connectivity index (χ0v) is 20.1. The van der Waals surface area contributed by atoms with Gasteiger partial charge < -0.3 is 15.0 Å². The molecule has 0 aliphatic carbocycles. The van der Waals surface area contributed by atoms with E-state index in [4.69, 9.17) is 4.74 Å². The summed E-state index contributed by atoms with van der Waals surface area (Å²) >= 11 is 3.47. The van der Waals surface area contributed by atoms with Gasteiger partial charge in [0.1, 0.15) is 11.8 Å². The van der Waals surface area contributed by atoms with Gasteiger partial charge in [-0.2, -0.15) is 0 Å². The standard InChI is InChI=1S/C26H29BrN2O3/c1-3-4-15-28-26(31)19(2)29(17-20-9-7-12-22(27)16-20)25(30)18-32-24-14-8-11-21-10-5-6-13-23(21)24/h5-14,16,19H,3-4,15,17-18H2,1-2H3,(H,28,31)/t19-/m0/s1. The Morgan fingerprint density at radius 3 is 2.59 bits per heavy atom. The van der Waals surface area contributed by atoms with Crippen LogP contribution in [0.3, 0.4) is 0 Å². The van der Waals surface area contributed by atoms with E-state index in [0.717, 1.165) is 33.7 Å². The van der Waals surface area contributed by atoms with Crippen LogP contribution in [0, 0.1) is 0 Å². The molecule has 1 N–H and O–H groups in total.